The van der Waals surface area contributed by atoms with Gasteiger partial charge in [0, 0.05) is 23.4 Å². The first-order valence-corrected chi connectivity index (χ1v) is 7.47. The molecule has 1 saturated carbocycles. The summed E-state index contributed by atoms with van der Waals surface area (Å²) in [7, 11) is 0. The van der Waals surface area contributed by atoms with E-state index in [2.05, 4.69) is 10.6 Å². The summed E-state index contributed by atoms with van der Waals surface area (Å²) < 4.78 is 0. The van der Waals surface area contributed by atoms with Crippen LogP contribution >= 0.6 is 0 Å². The van der Waals surface area contributed by atoms with Gasteiger partial charge in [-0.1, -0.05) is 18.2 Å². The fourth-order valence-electron chi connectivity index (χ4n) is 2.16. The summed E-state index contributed by atoms with van der Waals surface area (Å²) in [5, 5.41) is 5.73. The molecule has 1 fully saturated rings. The Hall–Kier alpha value is -2.62. The van der Waals surface area contributed by atoms with Crippen LogP contribution in [-0.4, -0.2) is 18.4 Å². The quantitative estimate of drug-likeness (QED) is 0.890. The highest BCUT2D eigenvalue weighted by atomic mass is 16.2. The van der Waals surface area contributed by atoms with Crippen molar-refractivity contribution in [3.63, 3.8) is 0 Å². The van der Waals surface area contributed by atoms with Crippen LogP contribution in [-0.2, 0) is 0 Å². The Balaban J connectivity index is 1.58. The van der Waals surface area contributed by atoms with E-state index in [9.17, 15) is 9.59 Å². The second-order valence-electron chi connectivity index (χ2n) is 5.55. The third-order valence-corrected chi connectivity index (χ3v) is 3.69. The first-order valence-electron chi connectivity index (χ1n) is 7.47. The van der Waals surface area contributed by atoms with Gasteiger partial charge in [0.25, 0.3) is 11.8 Å². The van der Waals surface area contributed by atoms with Gasteiger partial charge in [0.05, 0.1) is 0 Å². The van der Waals surface area contributed by atoms with E-state index >= 15 is 0 Å². The molecule has 4 heteroatoms. The highest BCUT2D eigenvalue weighted by Gasteiger charge is 2.21. The van der Waals surface area contributed by atoms with E-state index in [1.165, 1.54) is 12.8 Å². The van der Waals surface area contributed by atoms with Gasteiger partial charge in [0.15, 0.2) is 0 Å². The average Bonchev–Trinajstić information content (AvgIpc) is 3.38. The minimum absolute atomic E-state index is 0.0622. The molecule has 112 valence electrons. The second kappa shape index (κ2) is 6.43. The number of carbonyl (C=O) groups excluding carboxylic acids is 2. The summed E-state index contributed by atoms with van der Waals surface area (Å²) in [5.74, 6) is 0.438. The zero-order chi connectivity index (χ0) is 15.4. The van der Waals surface area contributed by atoms with Crippen molar-refractivity contribution in [2.45, 2.75) is 12.8 Å². The number of anilines is 1. The Morgan fingerprint density at radius 2 is 1.50 bits per heavy atom. The lowest BCUT2D eigenvalue weighted by atomic mass is 10.1. The molecule has 2 amide bonds. The molecule has 4 nitrogen and oxygen atoms in total. The molecule has 3 rings (SSSR count). The van der Waals surface area contributed by atoms with E-state index < -0.39 is 0 Å². The number of carbonyl (C=O) groups is 2. The number of nitrogens with one attached hydrogen (secondary N) is 2. The topological polar surface area (TPSA) is 58.2 Å². The van der Waals surface area contributed by atoms with Crippen LogP contribution in [0.15, 0.2) is 54.6 Å². The van der Waals surface area contributed by atoms with Crippen LogP contribution < -0.4 is 10.6 Å². The fraction of sp³-hybridized carbons (Fsp3) is 0.222. The Morgan fingerprint density at radius 3 is 2.14 bits per heavy atom. The van der Waals surface area contributed by atoms with Gasteiger partial charge < -0.3 is 10.6 Å². The van der Waals surface area contributed by atoms with Crippen molar-refractivity contribution in [2.75, 3.05) is 11.9 Å². The Morgan fingerprint density at radius 1 is 0.864 bits per heavy atom. The van der Waals surface area contributed by atoms with Crippen molar-refractivity contribution in [2.24, 2.45) is 5.92 Å². The SMILES string of the molecule is O=C(NCC1CC1)c1ccc(NC(=O)c2ccccc2)cc1. The van der Waals surface area contributed by atoms with Gasteiger partial charge in [-0.15, -0.1) is 0 Å². The zero-order valence-corrected chi connectivity index (χ0v) is 12.2. The van der Waals surface area contributed by atoms with Crippen molar-refractivity contribution >= 4 is 17.5 Å². The molecule has 0 unspecified atom stereocenters. The molecule has 0 atom stereocenters. The molecule has 0 aliphatic heterocycles. The van der Waals surface area contributed by atoms with Crippen LogP contribution in [0.2, 0.25) is 0 Å². The Labute approximate surface area is 129 Å². The van der Waals surface area contributed by atoms with Gasteiger partial charge in [0.1, 0.15) is 0 Å². The molecule has 0 heterocycles. The van der Waals surface area contributed by atoms with Crippen LogP contribution in [0.1, 0.15) is 33.6 Å². The smallest absolute Gasteiger partial charge is 0.255 e. The molecule has 1 aliphatic carbocycles. The van der Waals surface area contributed by atoms with Crippen LogP contribution in [0.3, 0.4) is 0 Å². The van der Waals surface area contributed by atoms with Gasteiger partial charge in [-0.05, 0) is 55.2 Å². The lowest BCUT2D eigenvalue weighted by Crippen LogP contribution is -2.25. The van der Waals surface area contributed by atoms with Crippen LogP contribution in [0.4, 0.5) is 5.69 Å². The van der Waals surface area contributed by atoms with E-state index in [1.807, 2.05) is 18.2 Å². The molecule has 0 spiro atoms. The van der Waals surface area contributed by atoms with Crippen molar-refractivity contribution in [1.82, 2.24) is 5.32 Å². The highest BCUT2D eigenvalue weighted by Crippen LogP contribution is 2.27. The number of benzene rings is 2. The molecule has 2 aromatic carbocycles. The summed E-state index contributed by atoms with van der Waals surface area (Å²) in [4.78, 5) is 24.0. The monoisotopic (exact) mass is 294 g/mol. The Bertz CT molecular complexity index is 661. The van der Waals surface area contributed by atoms with Crippen LogP contribution in [0, 0.1) is 5.92 Å². The number of hydrogen-bond donors (Lipinski definition) is 2. The lowest BCUT2D eigenvalue weighted by molar-refractivity contribution is 0.0951. The third kappa shape index (κ3) is 3.73. The first kappa shape index (κ1) is 14.3. The van der Waals surface area contributed by atoms with E-state index in [1.54, 1.807) is 36.4 Å². The lowest BCUT2D eigenvalue weighted by Gasteiger charge is -2.07. The standard InChI is InChI=1S/C18H18N2O2/c21-17(19-12-13-6-7-13)15-8-10-16(11-9-15)20-18(22)14-4-2-1-3-5-14/h1-5,8-11,13H,6-7,12H2,(H,19,21)(H,20,22). The normalized spacial score (nSPS) is 13.5. The van der Waals surface area contributed by atoms with Crippen molar-refractivity contribution < 1.29 is 9.59 Å². The van der Waals surface area contributed by atoms with E-state index in [4.69, 9.17) is 0 Å². The summed E-state index contributed by atoms with van der Waals surface area (Å²) in [5.41, 5.74) is 1.89. The van der Waals surface area contributed by atoms with Gasteiger partial charge in [0.2, 0.25) is 0 Å². The average molecular weight is 294 g/mol. The second-order valence-corrected chi connectivity index (χ2v) is 5.55. The van der Waals surface area contributed by atoms with Gasteiger partial charge in [-0.25, -0.2) is 0 Å². The van der Waals surface area contributed by atoms with Crippen molar-refractivity contribution in [1.29, 1.82) is 0 Å². The van der Waals surface area contributed by atoms with Crippen LogP contribution in [0.5, 0.6) is 0 Å². The molecular weight excluding hydrogens is 276 g/mol. The van der Waals surface area contributed by atoms with E-state index in [0.29, 0.717) is 22.7 Å². The number of rotatable bonds is 5. The molecule has 2 aromatic rings. The predicted molar refractivity (Wildman–Crippen MR) is 85.9 cm³/mol. The predicted octanol–water partition coefficient (Wildman–Crippen LogP) is 3.08. The fourth-order valence-corrected chi connectivity index (χ4v) is 2.16. The summed E-state index contributed by atoms with van der Waals surface area (Å²) >= 11 is 0. The molecule has 1 aliphatic rings. The minimum Gasteiger partial charge on any atom is -0.352 e. The summed E-state index contributed by atoms with van der Waals surface area (Å²) in [6, 6.07) is 16.0. The number of hydrogen-bond acceptors (Lipinski definition) is 2. The summed E-state index contributed by atoms with van der Waals surface area (Å²) in [6.07, 6.45) is 2.43. The first-order chi connectivity index (χ1) is 10.7. The zero-order valence-electron chi connectivity index (χ0n) is 12.2. The Kier molecular flexibility index (Phi) is 4.19. The van der Waals surface area contributed by atoms with Crippen LogP contribution in [0.25, 0.3) is 0 Å². The molecule has 0 radical (unpaired) electrons. The van der Waals surface area contributed by atoms with E-state index in [-0.39, 0.29) is 11.8 Å². The maximum absolute atomic E-state index is 12.0. The highest BCUT2D eigenvalue weighted by molar-refractivity contribution is 6.04. The van der Waals surface area contributed by atoms with Gasteiger partial charge in [-0.3, -0.25) is 9.59 Å². The summed E-state index contributed by atoms with van der Waals surface area (Å²) in [6.45, 7) is 0.755. The van der Waals surface area contributed by atoms with Crippen molar-refractivity contribution in [3.8, 4) is 0 Å². The molecular formula is C18H18N2O2. The molecule has 0 bridgehead atoms. The van der Waals surface area contributed by atoms with Gasteiger partial charge >= 0.3 is 0 Å². The van der Waals surface area contributed by atoms with E-state index in [0.717, 1.165) is 6.54 Å². The number of amides is 2. The van der Waals surface area contributed by atoms with Gasteiger partial charge in [-0.2, -0.15) is 0 Å². The maximum Gasteiger partial charge on any atom is 0.255 e. The van der Waals surface area contributed by atoms with Crippen molar-refractivity contribution in [3.05, 3.63) is 65.7 Å². The largest absolute Gasteiger partial charge is 0.352 e. The molecule has 2 N–H and O–H groups in total. The maximum atomic E-state index is 12.0. The molecule has 0 saturated heterocycles. The minimum atomic E-state index is -0.161. The molecule has 22 heavy (non-hydrogen) atoms. The third-order valence-electron chi connectivity index (χ3n) is 3.69. The molecule has 0 aromatic heterocycles.